The standard InChI is InChI=1S/C23H30N4O/c1-17(2)28-14-8-13-24-21-11-6-7-12-22-20(21)16-26-23(27-22)25-15-19-10-5-4-9-18(19)3/h4-5,7,9-12,16-17,24H,6,8,13-15H2,1-3H3,(H,25,26,27). The van der Waals surface area contributed by atoms with Crippen LogP contribution in [0.2, 0.25) is 0 Å². The van der Waals surface area contributed by atoms with E-state index in [1.54, 1.807) is 0 Å². The van der Waals surface area contributed by atoms with Crippen LogP contribution in [0.4, 0.5) is 5.95 Å². The first-order chi connectivity index (χ1) is 13.6. The van der Waals surface area contributed by atoms with E-state index in [0.29, 0.717) is 12.5 Å². The van der Waals surface area contributed by atoms with Crippen molar-refractivity contribution in [2.75, 3.05) is 18.5 Å². The molecule has 0 unspecified atom stereocenters. The smallest absolute Gasteiger partial charge is 0.223 e. The van der Waals surface area contributed by atoms with Crippen molar-refractivity contribution < 1.29 is 4.74 Å². The number of hydrogen-bond acceptors (Lipinski definition) is 5. The van der Waals surface area contributed by atoms with Crippen LogP contribution in [0, 0.1) is 6.92 Å². The molecule has 0 aliphatic heterocycles. The lowest BCUT2D eigenvalue weighted by molar-refractivity contribution is 0.0776. The number of aryl methyl sites for hydroxylation is 1. The summed E-state index contributed by atoms with van der Waals surface area (Å²) in [7, 11) is 0. The fourth-order valence-corrected chi connectivity index (χ4v) is 3.05. The number of ether oxygens (including phenoxy) is 1. The van der Waals surface area contributed by atoms with Gasteiger partial charge in [0.1, 0.15) is 0 Å². The summed E-state index contributed by atoms with van der Waals surface area (Å²) in [6, 6.07) is 8.35. The van der Waals surface area contributed by atoms with Crippen LogP contribution in [0.3, 0.4) is 0 Å². The second-order valence-electron chi connectivity index (χ2n) is 7.23. The van der Waals surface area contributed by atoms with Crippen LogP contribution in [0.5, 0.6) is 0 Å². The highest BCUT2D eigenvalue weighted by atomic mass is 16.5. The summed E-state index contributed by atoms with van der Waals surface area (Å²) in [6.45, 7) is 8.58. The fraction of sp³-hybridized carbons (Fsp3) is 0.391. The molecule has 0 saturated heterocycles. The van der Waals surface area contributed by atoms with E-state index < -0.39 is 0 Å². The first-order valence-electron chi connectivity index (χ1n) is 10.0. The second kappa shape index (κ2) is 10.0. The minimum absolute atomic E-state index is 0.279. The zero-order valence-electron chi connectivity index (χ0n) is 17.0. The van der Waals surface area contributed by atoms with E-state index >= 15 is 0 Å². The number of anilines is 1. The van der Waals surface area contributed by atoms with Crippen molar-refractivity contribution in [3.63, 3.8) is 0 Å². The maximum absolute atomic E-state index is 5.61. The number of aromatic nitrogens is 2. The quantitative estimate of drug-likeness (QED) is 0.627. The molecule has 5 heteroatoms. The second-order valence-corrected chi connectivity index (χ2v) is 7.23. The van der Waals surface area contributed by atoms with Gasteiger partial charge in [-0.1, -0.05) is 36.4 Å². The van der Waals surface area contributed by atoms with Crippen molar-refractivity contribution in [1.82, 2.24) is 15.3 Å². The third-order valence-corrected chi connectivity index (χ3v) is 4.63. The van der Waals surface area contributed by atoms with Crippen molar-refractivity contribution in [2.24, 2.45) is 0 Å². The lowest BCUT2D eigenvalue weighted by Crippen LogP contribution is -2.18. The number of rotatable bonds is 9. The van der Waals surface area contributed by atoms with Gasteiger partial charge in [0.15, 0.2) is 0 Å². The molecule has 2 N–H and O–H groups in total. The molecule has 5 nitrogen and oxygen atoms in total. The highest BCUT2D eigenvalue weighted by Crippen LogP contribution is 2.22. The molecule has 0 amide bonds. The zero-order chi connectivity index (χ0) is 19.8. The normalized spacial score (nSPS) is 13.1. The lowest BCUT2D eigenvalue weighted by atomic mass is 10.1. The largest absolute Gasteiger partial charge is 0.385 e. The van der Waals surface area contributed by atoms with Crippen LogP contribution in [0.15, 0.2) is 42.6 Å². The Kier molecular flexibility index (Phi) is 7.20. The maximum atomic E-state index is 5.61. The van der Waals surface area contributed by atoms with Gasteiger partial charge >= 0.3 is 0 Å². The number of nitrogens with zero attached hydrogens (tertiary/aromatic N) is 2. The summed E-state index contributed by atoms with van der Waals surface area (Å²) in [4.78, 5) is 9.26. The topological polar surface area (TPSA) is 59.1 Å². The van der Waals surface area contributed by atoms with Crippen LogP contribution >= 0.6 is 0 Å². The van der Waals surface area contributed by atoms with Crippen LogP contribution in [-0.4, -0.2) is 29.2 Å². The van der Waals surface area contributed by atoms with E-state index in [0.717, 1.165) is 42.9 Å². The van der Waals surface area contributed by atoms with E-state index in [1.807, 2.05) is 6.20 Å². The van der Waals surface area contributed by atoms with Gasteiger partial charge in [0.25, 0.3) is 0 Å². The minimum Gasteiger partial charge on any atom is -0.385 e. The molecule has 28 heavy (non-hydrogen) atoms. The van der Waals surface area contributed by atoms with Crippen LogP contribution in [-0.2, 0) is 11.3 Å². The van der Waals surface area contributed by atoms with Gasteiger partial charge in [0, 0.05) is 37.2 Å². The number of fused-ring (bicyclic) bond motifs is 1. The molecular formula is C23H30N4O. The summed E-state index contributed by atoms with van der Waals surface area (Å²) in [6.07, 6.45) is 10.4. The van der Waals surface area contributed by atoms with Crippen molar-refractivity contribution in [3.8, 4) is 0 Å². The molecule has 0 radical (unpaired) electrons. The highest BCUT2D eigenvalue weighted by molar-refractivity contribution is 5.73. The maximum Gasteiger partial charge on any atom is 0.223 e. The fourth-order valence-electron chi connectivity index (χ4n) is 3.05. The van der Waals surface area contributed by atoms with E-state index in [-0.39, 0.29) is 6.10 Å². The molecule has 1 aromatic heterocycles. The SMILES string of the molecule is Cc1ccccc1CNc1ncc2c(n1)C=CCC=C2NCCCOC(C)C. The van der Waals surface area contributed by atoms with Gasteiger partial charge in [-0.15, -0.1) is 0 Å². The molecule has 1 aliphatic rings. The molecule has 0 bridgehead atoms. The Hall–Kier alpha value is -2.66. The number of nitrogens with one attached hydrogen (secondary N) is 2. The Balaban J connectivity index is 1.62. The van der Waals surface area contributed by atoms with Crippen molar-refractivity contribution in [1.29, 1.82) is 0 Å². The van der Waals surface area contributed by atoms with Gasteiger partial charge in [-0.2, -0.15) is 0 Å². The molecule has 2 aromatic rings. The summed E-state index contributed by atoms with van der Waals surface area (Å²) >= 11 is 0. The number of hydrogen-bond donors (Lipinski definition) is 2. The summed E-state index contributed by atoms with van der Waals surface area (Å²) < 4.78 is 5.61. The van der Waals surface area contributed by atoms with Crippen LogP contribution in [0.1, 0.15) is 49.1 Å². The lowest BCUT2D eigenvalue weighted by Gasteiger charge is -2.14. The number of benzene rings is 1. The summed E-state index contributed by atoms with van der Waals surface area (Å²) in [5.74, 6) is 0.651. The van der Waals surface area contributed by atoms with Gasteiger partial charge < -0.3 is 15.4 Å². The van der Waals surface area contributed by atoms with Crippen molar-refractivity contribution >= 4 is 17.7 Å². The molecule has 1 aliphatic carbocycles. The van der Waals surface area contributed by atoms with Crippen molar-refractivity contribution in [2.45, 2.75) is 46.3 Å². The van der Waals surface area contributed by atoms with Crippen molar-refractivity contribution in [3.05, 3.63) is 65.0 Å². The Labute approximate surface area is 168 Å². The molecular weight excluding hydrogens is 348 g/mol. The molecule has 148 valence electrons. The first kappa shape index (κ1) is 20.1. The van der Waals surface area contributed by atoms with E-state index in [9.17, 15) is 0 Å². The van der Waals surface area contributed by atoms with Crippen LogP contribution < -0.4 is 10.6 Å². The average Bonchev–Trinajstić information content (AvgIpc) is 2.89. The summed E-state index contributed by atoms with van der Waals surface area (Å²) in [5.41, 5.74) is 5.59. The van der Waals surface area contributed by atoms with Gasteiger partial charge in [-0.3, -0.25) is 0 Å². The average molecular weight is 379 g/mol. The van der Waals surface area contributed by atoms with Crippen LogP contribution in [0.25, 0.3) is 11.8 Å². The van der Waals surface area contributed by atoms with Gasteiger partial charge in [-0.25, -0.2) is 9.97 Å². The number of allylic oxidation sites excluding steroid dienone is 2. The molecule has 1 heterocycles. The molecule has 0 spiro atoms. The predicted molar refractivity (Wildman–Crippen MR) is 116 cm³/mol. The first-order valence-corrected chi connectivity index (χ1v) is 10.0. The Morgan fingerprint density at radius 1 is 1.18 bits per heavy atom. The monoisotopic (exact) mass is 378 g/mol. The molecule has 3 rings (SSSR count). The third-order valence-electron chi connectivity index (χ3n) is 4.63. The van der Waals surface area contributed by atoms with E-state index in [1.165, 1.54) is 11.1 Å². The van der Waals surface area contributed by atoms with Gasteiger partial charge in [0.05, 0.1) is 11.8 Å². The van der Waals surface area contributed by atoms with E-state index in [4.69, 9.17) is 9.72 Å². The zero-order valence-corrected chi connectivity index (χ0v) is 17.0. The summed E-state index contributed by atoms with van der Waals surface area (Å²) in [5, 5.41) is 6.86. The minimum atomic E-state index is 0.279. The Morgan fingerprint density at radius 3 is 2.86 bits per heavy atom. The highest BCUT2D eigenvalue weighted by Gasteiger charge is 2.12. The van der Waals surface area contributed by atoms with E-state index in [2.05, 4.69) is 78.9 Å². The molecule has 0 fully saturated rings. The predicted octanol–water partition coefficient (Wildman–Crippen LogP) is 4.56. The molecule has 1 aromatic carbocycles. The van der Waals surface area contributed by atoms with Gasteiger partial charge in [-0.05, 0) is 50.8 Å². The molecule has 0 saturated carbocycles. The van der Waals surface area contributed by atoms with Gasteiger partial charge in [0.2, 0.25) is 5.95 Å². The Morgan fingerprint density at radius 2 is 2.04 bits per heavy atom. The molecule has 0 atom stereocenters. The third kappa shape index (κ3) is 5.67. The Bertz CT molecular complexity index is 842.